The number of alkyl halides is 2. The number of hydrogen-bond acceptors (Lipinski definition) is 2. The van der Waals surface area contributed by atoms with Gasteiger partial charge in [0.15, 0.2) is 0 Å². The minimum absolute atomic E-state index is 0.250. The summed E-state index contributed by atoms with van der Waals surface area (Å²) in [7, 11) is 3.38. The molecule has 0 spiro atoms. The number of nitrogens with zero attached hydrogens (tertiary/aromatic N) is 1. The number of carbonyl (C=O) groups is 2. The van der Waals surface area contributed by atoms with Gasteiger partial charge in [-0.25, -0.2) is 0 Å². The van der Waals surface area contributed by atoms with Crippen molar-refractivity contribution < 1.29 is 9.59 Å². The summed E-state index contributed by atoms with van der Waals surface area (Å²) in [6, 6.07) is 0. The van der Waals surface area contributed by atoms with E-state index in [2.05, 4.69) is 5.73 Å². The van der Waals surface area contributed by atoms with E-state index in [0.717, 1.165) is 6.41 Å². The lowest BCUT2D eigenvalue weighted by Gasteiger charge is -1.93. The van der Waals surface area contributed by atoms with Crippen molar-refractivity contribution in [2.24, 2.45) is 5.73 Å². The third-order valence-electron chi connectivity index (χ3n) is 0.282. The number of primary amides is 1. The van der Waals surface area contributed by atoms with Gasteiger partial charge in [-0.2, -0.15) is 0 Å². The second kappa shape index (κ2) is 22.4. The zero-order valence-corrected chi connectivity index (χ0v) is 8.68. The Morgan fingerprint density at radius 1 is 1.25 bits per heavy atom. The van der Waals surface area contributed by atoms with Crippen LogP contribution < -0.4 is 5.73 Å². The molecule has 0 atom stereocenters. The molecule has 0 radical (unpaired) electrons. The third-order valence-corrected chi connectivity index (χ3v) is 0.854. The molecule has 0 saturated carbocycles. The minimum Gasteiger partial charge on any atom is -0.372 e. The Kier molecular flexibility index (Phi) is 32.8. The number of amides is 2. The van der Waals surface area contributed by atoms with Crippen LogP contribution >= 0.6 is 23.2 Å². The minimum atomic E-state index is 0.250. The second-order valence-corrected chi connectivity index (χ2v) is 2.34. The predicted molar refractivity (Wildman–Crippen MR) is 51.4 cm³/mol. The normalized spacial score (nSPS) is 6.33. The van der Waals surface area contributed by atoms with Crippen LogP contribution in [0.5, 0.6) is 0 Å². The Morgan fingerprint density at radius 2 is 1.42 bits per heavy atom. The van der Waals surface area contributed by atoms with E-state index in [0.29, 0.717) is 11.8 Å². The van der Waals surface area contributed by atoms with Crippen LogP contribution in [0.2, 0.25) is 0 Å². The number of carbonyl (C=O) groups excluding carboxylic acids is 2. The lowest BCUT2D eigenvalue weighted by atomic mass is 11.0. The molecule has 12 heavy (non-hydrogen) atoms. The van der Waals surface area contributed by atoms with Gasteiger partial charge in [0.25, 0.3) is 0 Å². The van der Waals surface area contributed by atoms with Crippen LogP contribution in [0.1, 0.15) is 0 Å². The SMILES string of the molecule is CN(C)C=O.ClCCCl.NC=O. The summed E-state index contributed by atoms with van der Waals surface area (Å²) in [5.74, 6) is 1.11. The summed E-state index contributed by atoms with van der Waals surface area (Å²) in [5.41, 5.74) is 4.17. The lowest BCUT2D eigenvalue weighted by molar-refractivity contribution is -0.116. The number of halogens is 2. The highest BCUT2D eigenvalue weighted by molar-refractivity contribution is 6.25. The first-order valence-corrected chi connectivity index (χ1v) is 4.06. The molecule has 0 saturated heterocycles. The van der Waals surface area contributed by atoms with Crippen molar-refractivity contribution in [3.63, 3.8) is 0 Å². The standard InChI is InChI=1S/C3H7NO.C2H4Cl2.CH3NO/c1-4(2)3-5;3-1-2-4;2-1-3/h3H,1-2H3;1-2H2;1H,(H2,2,3). The average Bonchev–Trinajstić information content (AvgIpc) is 2.06. The lowest BCUT2D eigenvalue weighted by Crippen LogP contribution is -2.06. The molecule has 0 unspecified atom stereocenters. The fourth-order valence-electron chi connectivity index (χ4n) is 0. The molecule has 0 aliphatic heterocycles. The summed E-state index contributed by atoms with van der Waals surface area (Å²) in [6.45, 7) is 0. The Hall–Kier alpha value is -0.480. The van der Waals surface area contributed by atoms with E-state index in [1.807, 2.05) is 0 Å². The van der Waals surface area contributed by atoms with E-state index in [-0.39, 0.29) is 6.41 Å². The van der Waals surface area contributed by atoms with E-state index in [9.17, 15) is 4.79 Å². The molecule has 0 aliphatic rings. The van der Waals surface area contributed by atoms with Gasteiger partial charge in [0, 0.05) is 25.9 Å². The molecular weight excluding hydrogens is 203 g/mol. The average molecular weight is 217 g/mol. The molecule has 2 amide bonds. The van der Waals surface area contributed by atoms with Crippen LogP contribution in [-0.2, 0) is 9.59 Å². The molecule has 0 heterocycles. The van der Waals surface area contributed by atoms with Crippen LogP contribution in [0.4, 0.5) is 0 Å². The molecule has 0 aromatic heterocycles. The largest absolute Gasteiger partial charge is 0.372 e. The van der Waals surface area contributed by atoms with Crippen molar-refractivity contribution in [2.45, 2.75) is 0 Å². The molecule has 0 aromatic carbocycles. The maximum Gasteiger partial charge on any atom is 0.209 e. The van der Waals surface area contributed by atoms with E-state index in [4.69, 9.17) is 28.0 Å². The molecule has 0 fully saturated rings. The fourth-order valence-corrected chi connectivity index (χ4v) is 0. The maximum absolute atomic E-state index is 9.43. The van der Waals surface area contributed by atoms with E-state index in [1.165, 1.54) is 4.90 Å². The zero-order valence-electron chi connectivity index (χ0n) is 7.17. The van der Waals surface area contributed by atoms with Gasteiger partial charge < -0.3 is 10.6 Å². The smallest absolute Gasteiger partial charge is 0.209 e. The Morgan fingerprint density at radius 3 is 1.42 bits per heavy atom. The molecule has 4 nitrogen and oxygen atoms in total. The van der Waals surface area contributed by atoms with Gasteiger partial charge in [-0.1, -0.05) is 0 Å². The Labute approximate surface area is 82.6 Å². The molecule has 0 aliphatic carbocycles. The van der Waals surface area contributed by atoms with Gasteiger partial charge in [-0.05, 0) is 0 Å². The van der Waals surface area contributed by atoms with Crippen molar-refractivity contribution in [3.8, 4) is 0 Å². The summed E-state index contributed by atoms with van der Waals surface area (Å²) in [4.78, 5) is 19.5. The maximum atomic E-state index is 9.43. The molecule has 0 bridgehead atoms. The molecule has 0 rings (SSSR count). The van der Waals surface area contributed by atoms with Crippen molar-refractivity contribution in [1.82, 2.24) is 4.90 Å². The van der Waals surface area contributed by atoms with Gasteiger partial charge in [0.05, 0.1) is 0 Å². The Bertz CT molecular complexity index is 89.6. The van der Waals surface area contributed by atoms with Crippen LogP contribution in [0, 0.1) is 0 Å². The highest BCUT2D eigenvalue weighted by Crippen LogP contribution is 1.75. The van der Waals surface area contributed by atoms with Gasteiger partial charge in [-0.15, -0.1) is 23.2 Å². The van der Waals surface area contributed by atoms with Crippen molar-refractivity contribution >= 4 is 36.0 Å². The molecule has 2 N–H and O–H groups in total. The van der Waals surface area contributed by atoms with Crippen LogP contribution in [0.25, 0.3) is 0 Å². The monoisotopic (exact) mass is 216 g/mol. The van der Waals surface area contributed by atoms with Crippen molar-refractivity contribution in [1.29, 1.82) is 0 Å². The van der Waals surface area contributed by atoms with Gasteiger partial charge in [-0.3, -0.25) is 9.59 Å². The van der Waals surface area contributed by atoms with Gasteiger partial charge in [0.2, 0.25) is 12.8 Å². The summed E-state index contributed by atoms with van der Waals surface area (Å²) in [5, 5.41) is 0. The fraction of sp³-hybridized carbons (Fsp3) is 0.667. The van der Waals surface area contributed by atoms with E-state index in [1.54, 1.807) is 14.1 Å². The number of hydrogen-bond donors (Lipinski definition) is 1. The van der Waals surface area contributed by atoms with Gasteiger partial charge >= 0.3 is 0 Å². The summed E-state index contributed by atoms with van der Waals surface area (Å²) >= 11 is 10.1. The molecule has 0 aromatic rings. The van der Waals surface area contributed by atoms with Crippen molar-refractivity contribution in [2.75, 3.05) is 25.9 Å². The Balaban J connectivity index is -0.000000105. The zero-order chi connectivity index (χ0) is 10.4. The van der Waals surface area contributed by atoms with E-state index < -0.39 is 0 Å². The molecule has 74 valence electrons. The molecular formula is C6H14Cl2N2O2. The van der Waals surface area contributed by atoms with E-state index >= 15 is 0 Å². The van der Waals surface area contributed by atoms with Crippen LogP contribution in [0.3, 0.4) is 0 Å². The summed E-state index contributed by atoms with van der Waals surface area (Å²) in [6.07, 6.45) is 1.00. The van der Waals surface area contributed by atoms with Gasteiger partial charge in [0.1, 0.15) is 0 Å². The van der Waals surface area contributed by atoms with Crippen LogP contribution in [0.15, 0.2) is 0 Å². The quantitative estimate of drug-likeness (QED) is 0.533. The second-order valence-electron chi connectivity index (χ2n) is 1.58. The summed E-state index contributed by atoms with van der Waals surface area (Å²) < 4.78 is 0. The highest BCUT2D eigenvalue weighted by atomic mass is 35.5. The first-order chi connectivity index (χ1) is 5.60. The highest BCUT2D eigenvalue weighted by Gasteiger charge is 1.68. The van der Waals surface area contributed by atoms with Crippen LogP contribution in [-0.4, -0.2) is 43.6 Å². The third kappa shape index (κ3) is 109. The van der Waals surface area contributed by atoms with Crippen molar-refractivity contribution in [3.05, 3.63) is 0 Å². The first kappa shape index (κ1) is 17.6. The first-order valence-electron chi connectivity index (χ1n) is 2.99. The number of nitrogens with two attached hydrogens (primary N) is 1. The predicted octanol–water partition coefficient (Wildman–Crippen LogP) is 0.270. The topological polar surface area (TPSA) is 63.4 Å². The number of rotatable bonds is 2. The molecule has 6 heteroatoms.